The van der Waals surface area contributed by atoms with E-state index in [0.717, 1.165) is 35.3 Å². The van der Waals surface area contributed by atoms with Crippen molar-refractivity contribution in [2.24, 2.45) is 0 Å². The molecule has 3 aromatic rings. The van der Waals surface area contributed by atoms with E-state index in [4.69, 9.17) is 9.62 Å². The van der Waals surface area contributed by atoms with E-state index >= 15 is 0 Å². The van der Waals surface area contributed by atoms with Gasteiger partial charge in [0, 0.05) is 5.41 Å². The molecule has 0 aromatic heterocycles. The first kappa shape index (κ1) is 23.6. The highest BCUT2D eigenvalue weighted by Crippen LogP contribution is 2.41. The predicted molar refractivity (Wildman–Crippen MR) is 127 cm³/mol. The number of ether oxygens (including phenoxy) is 1. The Morgan fingerprint density at radius 3 is 2.03 bits per heavy atom. The van der Waals surface area contributed by atoms with Crippen molar-refractivity contribution in [2.45, 2.75) is 52.6 Å². The third-order valence-electron chi connectivity index (χ3n) is 6.33. The number of carbonyl (C=O) groups excluding carboxylic acids is 1. The summed E-state index contributed by atoms with van der Waals surface area (Å²) in [5.41, 5.74) is 5.92. The van der Waals surface area contributed by atoms with Crippen LogP contribution in [-0.2, 0) is 21.8 Å². The molecular formula is C28H32O4. The van der Waals surface area contributed by atoms with Crippen molar-refractivity contribution >= 4 is 5.97 Å². The molecule has 0 unspecified atom stereocenters. The van der Waals surface area contributed by atoms with Crippen LogP contribution in [-0.4, -0.2) is 13.1 Å². The molecule has 0 atom stereocenters. The van der Waals surface area contributed by atoms with Crippen LogP contribution < -0.4 is 4.74 Å². The molecule has 0 bridgehead atoms. The summed E-state index contributed by atoms with van der Waals surface area (Å²) in [7, 11) is 1.33. The van der Waals surface area contributed by atoms with Crippen molar-refractivity contribution < 1.29 is 19.3 Å². The maximum atomic E-state index is 12.1. The van der Waals surface area contributed by atoms with Gasteiger partial charge in [-0.1, -0.05) is 68.4 Å². The molecule has 0 aliphatic rings. The summed E-state index contributed by atoms with van der Waals surface area (Å²) in [5, 5.41) is 0. The smallest absolute Gasteiger partial charge is 0.373 e. The van der Waals surface area contributed by atoms with Crippen LogP contribution in [0.2, 0.25) is 0 Å². The van der Waals surface area contributed by atoms with Crippen LogP contribution in [0.15, 0.2) is 66.7 Å². The molecule has 4 nitrogen and oxygen atoms in total. The standard InChI is InChI=1S/C28H32O4/c1-6-28(7-2,23-13-15-25(20(3)17-23)27(29)32-30-5)24-14-16-26(21(4)18-24)31-19-22-11-9-8-10-12-22/h8-18H,6-7,19H2,1-5H3. The first-order valence-corrected chi connectivity index (χ1v) is 11.1. The number of rotatable bonds is 9. The Hall–Kier alpha value is -3.11. The second-order valence-corrected chi connectivity index (χ2v) is 8.11. The highest BCUT2D eigenvalue weighted by atomic mass is 17.2. The van der Waals surface area contributed by atoms with Crippen LogP contribution in [0, 0.1) is 13.8 Å². The molecule has 0 saturated carbocycles. The maximum absolute atomic E-state index is 12.1. The molecule has 0 spiro atoms. The van der Waals surface area contributed by atoms with Crippen molar-refractivity contribution in [1.82, 2.24) is 0 Å². The third-order valence-corrected chi connectivity index (χ3v) is 6.33. The topological polar surface area (TPSA) is 44.8 Å². The normalized spacial score (nSPS) is 11.3. The lowest BCUT2D eigenvalue weighted by Crippen LogP contribution is -2.26. The van der Waals surface area contributed by atoms with E-state index in [0.29, 0.717) is 12.2 Å². The Balaban J connectivity index is 1.91. The van der Waals surface area contributed by atoms with E-state index in [1.165, 1.54) is 18.2 Å². The summed E-state index contributed by atoms with van der Waals surface area (Å²) in [4.78, 5) is 21.4. The molecule has 0 amide bonds. The van der Waals surface area contributed by atoms with Crippen LogP contribution in [0.25, 0.3) is 0 Å². The molecule has 4 heteroatoms. The molecule has 0 saturated heterocycles. The van der Waals surface area contributed by atoms with Gasteiger partial charge in [0.2, 0.25) is 0 Å². The number of carbonyl (C=O) groups is 1. The van der Waals surface area contributed by atoms with Crippen molar-refractivity contribution in [2.75, 3.05) is 7.11 Å². The highest BCUT2D eigenvalue weighted by molar-refractivity contribution is 5.90. The monoisotopic (exact) mass is 432 g/mol. The van der Waals surface area contributed by atoms with Crippen molar-refractivity contribution in [3.63, 3.8) is 0 Å². The Morgan fingerprint density at radius 2 is 1.47 bits per heavy atom. The van der Waals surface area contributed by atoms with E-state index in [1.807, 2.05) is 37.3 Å². The van der Waals surface area contributed by atoms with E-state index in [2.05, 4.69) is 62.1 Å². The van der Waals surface area contributed by atoms with E-state index in [-0.39, 0.29) is 5.41 Å². The molecule has 0 aliphatic carbocycles. The Labute approximate surface area is 191 Å². The molecule has 3 rings (SSSR count). The number of aryl methyl sites for hydroxylation is 2. The zero-order valence-corrected chi connectivity index (χ0v) is 19.6. The Bertz CT molecular complexity index is 1050. The lowest BCUT2D eigenvalue weighted by atomic mass is 9.70. The molecule has 0 aliphatic heterocycles. The number of hydrogen-bond acceptors (Lipinski definition) is 4. The predicted octanol–water partition coefficient (Wildman–Crippen LogP) is 6.71. The lowest BCUT2D eigenvalue weighted by Gasteiger charge is -2.34. The van der Waals surface area contributed by atoms with Crippen molar-refractivity contribution in [3.8, 4) is 5.75 Å². The van der Waals surface area contributed by atoms with Gasteiger partial charge in [0.05, 0.1) is 12.7 Å². The quantitative estimate of drug-likeness (QED) is 0.278. The van der Waals surface area contributed by atoms with Crippen LogP contribution in [0.4, 0.5) is 0 Å². The fourth-order valence-corrected chi connectivity index (χ4v) is 4.39. The number of benzene rings is 3. The van der Waals surface area contributed by atoms with Gasteiger partial charge in [0.25, 0.3) is 0 Å². The number of hydrogen-bond donors (Lipinski definition) is 0. The Kier molecular flexibility index (Phi) is 7.70. The molecule has 0 fully saturated rings. The summed E-state index contributed by atoms with van der Waals surface area (Å²) in [6.07, 6.45) is 1.88. The van der Waals surface area contributed by atoms with Crippen molar-refractivity contribution in [1.29, 1.82) is 0 Å². The van der Waals surface area contributed by atoms with Gasteiger partial charge in [-0.3, -0.25) is 4.89 Å². The summed E-state index contributed by atoms with van der Waals surface area (Å²) in [6.45, 7) is 8.99. The zero-order chi connectivity index (χ0) is 23.1. The van der Waals surface area contributed by atoms with Gasteiger partial charge in [0.1, 0.15) is 12.4 Å². The van der Waals surface area contributed by atoms with Crippen LogP contribution in [0.1, 0.15) is 64.9 Å². The molecule has 0 N–H and O–H groups in total. The van der Waals surface area contributed by atoms with Gasteiger partial charge in [-0.2, -0.15) is 4.89 Å². The molecule has 32 heavy (non-hydrogen) atoms. The largest absolute Gasteiger partial charge is 0.489 e. The first-order valence-electron chi connectivity index (χ1n) is 11.1. The minimum Gasteiger partial charge on any atom is -0.489 e. The SMILES string of the molecule is CCC(CC)(c1ccc(OCc2ccccc2)c(C)c1)c1ccc(C(=O)OOC)c(C)c1. The second-order valence-electron chi connectivity index (χ2n) is 8.11. The zero-order valence-electron chi connectivity index (χ0n) is 19.6. The van der Waals surface area contributed by atoms with Gasteiger partial charge >= 0.3 is 5.97 Å². The molecule has 0 heterocycles. The summed E-state index contributed by atoms with van der Waals surface area (Å²) in [5.74, 6) is 0.415. The van der Waals surface area contributed by atoms with Gasteiger partial charge in [-0.15, -0.1) is 0 Å². The minimum absolute atomic E-state index is 0.156. The van der Waals surface area contributed by atoms with E-state index in [9.17, 15) is 4.79 Å². The van der Waals surface area contributed by atoms with Gasteiger partial charge in [-0.05, 0) is 66.6 Å². The summed E-state index contributed by atoms with van der Waals surface area (Å²) >= 11 is 0. The Morgan fingerprint density at radius 1 is 0.844 bits per heavy atom. The van der Waals surface area contributed by atoms with Crippen LogP contribution in [0.5, 0.6) is 5.75 Å². The van der Waals surface area contributed by atoms with Gasteiger partial charge < -0.3 is 4.74 Å². The molecular weight excluding hydrogens is 400 g/mol. The second kappa shape index (κ2) is 10.5. The molecule has 0 radical (unpaired) electrons. The van der Waals surface area contributed by atoms with Gasteiger partial charge in [-0.25, -0.2) is 4.79 Å². The van der Waals surface area contributed by atoms with E-state index in [1.54, 1.807) is 0 Å². The molecule has 3 aromatic carbocycles. The van der Waals surface area contributed by atoms with Crippen LogP contribution >= 0.6 is 0 Å². The fraction of sp³-hybridized carbons (Fsp3) is 0.321. The average molecular weight is 433 g/mol. The minimum atomic E-state index is -0.481. The highest BCUT2D eigenvalue weighted by Gasteiger charge is 2.32. The van der Waals surface area contributed by atoms with Gasteiger partial charge in [0.15, 0.2) is 0 Å². The van der Waals surface area contributed by atoms with E-state index < -0.39 is 5.97 Å². The third kappa shape index (κ3) is 4.86. The summed E-state index contributed by atoms with van der Waals surface area (Å²) < 4.78 is 6.08. The summed E-state index contributed by atoms with van der Waals surface area (Å²) in [6, 6.07) is 22.6. The lowest BCUT2D eigenvalue weighted by molar-refractivity contribution is -0.216. The van der Waals surface area contributed by atoms with Crippen LogP contribution in [0.3, 0.4) is 0 Å². The van der Waals surface area contributed by atoms with Crippen molar-refractivity contribution in [3.05, 3.63) is 100 Å². The average Bonchev–Trinajstić information content (AvgIpc) is 2.80. The maximum Gasteiger partial charge on any atom is 0.373 e. The molecule has 168 valence electrons. The fourth-order valence-electron chi connectivity index (χ4n) is 4.39. The first-order chi connectivity index (χ1) is 15.4.